The largest absolute Gasteiger partial charge is 0.333 e. The summed E-state index contributed by atoms with van der Waals surface area (Å²) < 4.78 is 28.7. The molecule has 0 spiro atoms. The summed E-state index contributed by atoms with van der Waals surface area (Å²) in [6, 6.07) is 2.84. The highest BCUT2D eigenvalue weighted by molar-refractivity contribution is 7.90. The van der Waals surface area contributed by atoms with E-state index in [1.165, 1.54) is 39.4 Å². The van der Waals surface area contributed by atoms with Gasteiger partial charge in [0.15, 0.2) is 5.03 Å². The van der Waals surface area contributed by atoms with Crippen LogP contribution >= 0.6 is 11.3 Å². The summed E-state index contributed by atoms with van der Waals surface area (Å²) in [5.41, 5.74) is 5.63. The summed E-state index contributed by atoms with van der Waals surface area (Å²) in [5, 5.41) is 8.95. The van der Waals surface area contributed by atoms with Crippen molar-refractivity contribution in [2.45, 2.75) is 43.6 Å². The zero-order valence-corrected chi connectivity index (χ0v) is 17.1. The number of thiazole rings is 1. The van der Waals surface area contributed by atoms with Crippen molar-refractivity contribution in [2.75, 3.05) is 5.32 Å². The number of anilines is 1. The summed E-state index contributed by atoms with van der Waals surface area (Å²) in [4.78, 5) is 16.7. The fourth-order valence-corrected chi connectivity index (χ4v) is 5.58. The van der Waals surface area contributed by atoms with Crippen molar-refractivity contribution in [1.29, 1.82) is 0 Å². The molecule has 0 radical (unpaired) electrons. The van der Waals surface area contributed by atoms with Crippen LogP contribution in [0.2, 0.25) is 0 Å². The Balaban J connectivity index is 1.38. The van der Waals surface area contributed by atoms with Crippen molar-refractivity contribution < 1.29 is 13.2 Å². The van der Waals surface area contributed by atoms with Crippen LogP contribution in [0, 0.1) is 0 Å². The number of fused-ring (bicyclic) bond motifs is 2. The first kappa shape index (κ1) is 18.3. The van der Waals surface area contributed by atoms with Gasteiger partial charge in [0.05, 0.1) is 0 Å². The molecule has 5 rings (SSSR count). The number of amides is 2. The minimum absolute atomic E-state index is 0.230. The smallest absolute Gasteiger partial charge is 0.307 e. The summed E-state index contributed by atoms with van der Waals surface area (Å²) in [6.45, 7) is 0. The molecule has 2 aliphatic carbocycles. The van der Waals surface area contributed by atoms with Crippen LogP contribution in [-0.4, -0.2) is 29.2 Å². The lowest BCUT2D eigenvalue weighted by atomic mass is 9.99. The van der Waals surface area contributed by atoms with Gasteiger partial charge >= 0.3 is 6.03 Å². The van der Waals surface area contributed by atoms with Gasteiger partial charge in [-0.2, -0.15) is 13.5 Å². The Morgan fingerprint density at radius 3 is 2.48 bits per heavy atom. The van der Waals surface area contributed by atoms with E-state index < -0.39 is 16.1 Å². The van der Waals surface area contributed by atoms with E-state index in [2.05, 4.69) is 26.2 Å². The molecule has 2 aromatic heterocycles. The highest BCUT2D eigenvalue weighted by Gasteiger charge is 2.27. The van der Waals surface area contributed by atoms with Gasteiger partial charge in [0, 0.05) is 23.5 Å². The molecule has 2 aliphatic rings. The number of urea groups is 1. The molecule has 150 valence electrons. The van der Waals surface area contributed by atoms with Gasteiger partial charge in [-0.3, -0.25) is 0 Å². The number of nitrogens with one attached hydrogen (secondary N) is 2. The van der Waals surface area contributed by atoms with E-state index in [0.717, 1.165) is 55.3 Å². The number of hydrogen-bond acceptors (Lipinski definition) is 6. The van der Waals surface area contributed by atoms with Gasteiger partial charge in [-0.25, -0.2) is 19.2 Å². The van der Waals surface area contributed by atoms with Crippen LogP contribution in [0.15, 0.2) is 34.9 Å². The monoisotopic (exact) mass is 429 g/mol. The van der Waals surface area contributed by atoms with Crippen LogP contribution in [0.3, 0.4) is 0 Å². The third-order valence-electron chi connectivity index (χ3n) is 5.39. The number of carbonyl (C=O) groups excluding carboxylic acids is 1. The molecule has 8 nitrogen and oxygen atoms in total. The molecule has 2 heterocycles. The molecule has 0 fully saturated rings. The molecule has 1 aromatic carbocycles. The lowest BCUT2D eigenvalue weighted by Gasteiger charge is -2.16. The standard InChI is InChI=1S/C19H19N5O3S2/c25-18(21-17-14-5-1-3-12(14)11-13-4-2-6-15(13)17)23-29(26,27)16-7-9-24(22-16)19-20-8-10-28-19/h7-11H,1-6H2,(H2,21,23,25). The second-order valence-corrected chi connectivity index (χ2v) is 9.71. The predicted molar refractivity (Wildman–Crippen MR) is 109 cm³/mol. The number of nitrogens with zero attached hydrogens (tertiary/aromatic N) is 3. The Morgan fingerprint density at radius 1 is 1.10 bits per heavy atom. The van der Waals surface area contributed by atoms with Gasteiger partial charge < -0.3 is 5.32 Å². The Hall–Kier alpha value is -2.72. The Kier molecular flexibility index (Phi) is 4.39. The maximum Gasteiger partial charge on any atom is 0.333 e. The molecule has 0 unspecified atom stereocenters. The van der Waals surface area contributed by atoms with Crippen molar-refractivity contribution in [3.8, 4) is 5.13 Å². The van der Waals surface area contributed by atoms with Gasteiger partial charge in [-0.15, -0.1) is 11.3 Å². The molecule has 0 bridgehead atoms. The van der Waals surface area contributed by atoms with Crippen LogP contribution < -0.4 is 10.0 Å². The minimum Gasteiger partial charge on any atom is -0.307 e. The molecule has 0 saturated carbocycles. The number of carbonyl (C=O) groups is 1. The number of aryl methyl sites for hydroxylation is 2. The third kappa shape index (κ3) is 3.32. The van der Waals surface area contributed by atoms with E-state index in [9.17, 15) is 13.2 Å². The number of aromatic nitrogens is 3. The SMILES string of the molecule is O=C(Nc1c2c(cc3c1CCC3)CCC2)NS(=O)(=O)c1ccn(-c2nccs2)n1. The van der Waals surface area contributed by atoms with Crippen LogP contribution in [0.4, 0.5) is 10.5 Å². The van der Waals surface area contributed by atoms with Crippen molar-refractivity contribution in [3.63, 3.8) is 0 Å². The second kappa shape index (κ2) is 6.96. The molecule has 0 atom stereocenters. The first-order valence-electron chi connectivity index (χ1n) is 9.47. The topological polar surface area (TPSA) is 106 Å². The average Bonchev–Trinajstić information content (AvgIpc) is 3.46. The Bertz CT molecular complexity index is 1170. The molecular weight excluding hydrogens is 410 g/mol. The third-order valence-corrected chi connectivity index (χ3v) is 7.38. The van der Waals surface area contributed by atoms with Crippen molar-refractivity contribution in [3.05, 3.63) is 52.2 Å². The fourth-order valence-electron chi connectivity index (χ4n) is 4.17. The summed E-state index contributed by atoms with van der Waals surface area (Å²) in [6.07, 6.45) is 9.05. The van der Waals surface area contributed by atoms with Crippen LogP contribution in [0.5, 0.6) is 0 Å². The lowest BCUT2D eigenvalue weighted by Crippen LogP contribution is -2.35. The zero-order valence-electron chi connectivity index (χ0n) is 15.5. The Labute approximate surface area is 172 Å². The van der Waals surface area contributed by atoms with E-state index in [1.807, 2.05) is 0 Å². The second-order valence-electron chi connectivity index (χ2n) is 7.21. The van der Waals surface area contributed by atoms with E-state index in [4.69, 9.17) is 0 Å². The van der Waals surface area contributed by atoms with Crippen molar-refractivity contribution >= 4 is 33.1 Å². The quantitative estimate of drug-likeness (QED) is 0.663. The maximum atomic E-state index is 12.6. The van der Waals surface area contributed by atoms with Crippen molar-refractivity contribution in [1.82, 2.24) is 19.5 Å². The maximum absolute atomic E-state index is 12.6. The summed E-state index contributed by atoms with van der Waals surface area (Å²) >= 11 is 1.33. The zero-order chi connectivity index (χ0) is 20.0. The Morgan fingerprint density at radius 2 is 1.83 bits per heavy atom. The number of hydrogen-bond donors (Lipinski definition) is 2. The van der Waals surface area contributed by atoms with Crippen LogP contribution in [0.1, 0.15) is 35.1 Å². The predicted octanol–water partition coefficient (Wildman–Crippen LogP) is 2.82. The van der Waals surface area contributed by atoms with Crippen LogP contribution in [0.25, 0.3) is 5.13 Å². The van der Waals surface area contributed by atoms with Crippen LogP contribution in [-0.2, 0) is 35.7 Å². The van der Waals surface area contributed by atoms with Gasteiger partial charge in [0.2, 0.25) is 5.13 Å². The lowest BCUT2D eigenvalue weighted by molar-refractivity contribution is 0.256. The minimum atomic E-state index is -4.10. The van der Waals surface area contributed by atoms with E-state index in [0.29, 0.717) is 5.13 Å². The van der Waals surface area contributed by atoms with Gasteiger partial charge in [-0.05, 0) is 66.8 Å². The van der Waals surface area contributed by atoms with E-state index in [-0.39, 0.29) is 5.03 Å². The first-order valence-corrected chi connectivity index (χ1v) is 11.8. The molecule has 0 aliphatic heterocycles. The first-order chi connectivity index (χ1) is 14.0. The number of sulfonamides is 1. The average molecular weight is 430 g/mol. The van der Waals surface area contributed by atoms with Crippen molar-refractivity contribution in [2.24, 2.45) is 0 Å². The van der Waals surface area contributed by atoms with E-state index >= 15 is 0 Å². The highest BCUT2D eigenvalue weighted by Crippen LogP contribution is 2.38. The molecule has 29 heavy (non-hydrogen) atoms. The molecule has 3 aromatic rings. The number of benzene rings is 1. The molecule has 0 saturated heterocycles. The van der Waals surface area contributed by atoms with Gasteiger partial charge in [0.1, 0.15) is 0 Å². The normalized spacial score (nSPS) is 15.2. The van der Waals surface area contributed by atoms with Gasteiger partial charge in [-0.1, -0.05) is 6.07 Å². The molecule has 2 N–H and O–H groups in total. The summed E-state index contributed by atoms with van der Waals surface area (Å²) in [7, 11) is -4.10. The summed E-state index contributed by atoms with van der Waals surface area (Å²) in [5.74, 6) is 0. The number of rotatable bonds is 4. The van der Waals surface area contributed by atoms with E-state index in [1.54, 1.807) is 11.6 Å². The molecule has 10 heteroatoms. The highest BCUT2D eigenvalue weighted by atomic mass is 32.2. The fraction of sp³-hybridized carbons (Fsp3) is 0.316. The van der Waals surface area contributed by atoms with Gasteiger partial charge in [0.25, 0.3) is 10.0 Å². The molecular formula is C19H19N5O3S2. The molecule has 2 amide bonds.